The van der Waals surface area contributed by atoms with Gasteiger partial charge in [0, 0.05) is 18.8 Å². The number of fused-ring (bicyclic) bond motifs is 7. The molecule has 0 aromatic rings. The normalized spacial score (nSPS) is 52.6. The number of ketones is 1. The highest BCUT2D eigenvalue weighted by molar-refractivity contribution is 5.89. The lowest BCUT2D eigenvalue weighted by Crippen LogP contribution is -2.51. The summed E-state index contributed by atoms with van der Waals surface area (Å²) in [7, 11) is 0. The van der Waals surface area contributed by atoms with Gasteiger partial charge in [-0.3, -0.25) is 9.59 Å². The van der Waals surface area contributed by atoms with Crippen LogP contribution >= 0.6 is 0 Å². The second-order valence-corrected chi connectivity index (χ2v) is 10.4. The van der Waals surface area contributed by atoms with Crippen LogP contribution in [0.5, 0.6) is 0 Å². The minimum Gasteiger partial charge on any atom is -0.462 e. The summed E-state index contributed by atoms with van der Waals surface area (Å²) in [6, 6.07) is 0. The summed E-state index contributed by atoms with van der Waals surface area (Å²) in [5.74, 6) is 2.02. The second-order valence-electron chi connectivity index (χ2n) is 10.4. The van der Waals surface area contributed by atoms with Crippen LogP contribution in [-0.2, 0) is 19.1 Å². The Morgan fingerprint density at radius 3 is 2.63 bits per heavy atom. The molecule has 0 unspecified atom stereocenters. The number of Topliss-reactive ketones (excluding diaryl/α,β-unsaturated/α-hetero) is 1. The fourth-order valence-electron chi connectivity index (χ4n) is 7.76. The van der Waals surface area contributed by atoms with Gasteiger partial charge in [-0.05, 0) is 68.6 Å². The van der Waals surface area contributed by atoms with Crippen molar-refractivity contribution in [3.63, 3.8) is 0 Å². The SMILES string of the molecule is CC(=O)O[C@@H]1CC[C@@]2(C)C(=CC[C@H]3[C@@H]4C[C@]5(C(C)=O)O[C@H]5[C@@]4(C)CC[C@@H]32)C1. The van der Waals surface area contributed by atoms with Crippen molar-refractivity contribution in [1.29, 1.82) is 0 Å². The molecule has 0 spiro atoms. The zero-order chi connectivity index (χ0) is 19.2. The van der Waals surface area contributed by atoms with E-state index in [9.17, 15) is 9.59 Å². The Bertz CT molecular complexity index is 741. The van der Waals surface area contributed by atoms with Gasteiger partial charge in [0.2, 0.25) is 0 Å². The zero-order valence-corrected chi connectivity index (χ0v) is 17.0. The Labute approximate surface area is 162 Å². The Hall–Kier alpha value is -1.16. The van der Waals surface area contributed by atoms with Crippen molar-refractivity contribution in [3.05, 3.63) is 11.6 Å². The molecule has 0 bridgehead atoms. The third kappa shape index (κ3) is 2.25. The monoisotopic (exact) mass is 372 g/mol. The average Bonchev–Trinajstić information content (AvgIpc) is 3.28. The van der Waals surface area contributed by atoms with E-state index in [0.29, 0.717) is 17.8 Å². The molecule has 1 saturated heterocycles. The molecule has 148 valence electrons. The van der Waals surface area contributed by atoms with E-state index in [2.05, 4.69) is 19.9 Å². The summed E-state index contributed by atoms with van der Waals surface area (Å²) >= 11 is 0. The van der Waals surface area contributed by atoms with Gasteiger partial charge in [-0.15, -0.1) is 0 Å². The van der Waals surface area contributed by atoms with Crippen molar-refractivity contribution in [1.82, 2.24) is 0 Å². The first-order chi connectivity index (χ1) is 12.7. The summed E-state index contributed by atoms with van der Waals surface area (Å²) in [6.45, 7) is 8.07. The maximum Gasteiger partial charge on any atom is 0.302 e. The molecule has 4 aliphatic carbocycles. The number of carbonyl (C=O) groups is 2. The first-order valence-electron chi connectivity index (χ1n) is 10.8. The molecule has 1 aliphatic heterocycles. The molecule has 27 heavy (non-hydrogen) atoms. The van der Waals surface area contributed by atoms with Gasteiger partial charge in [-0.1, -0.05) is 25.5 Å². The van der Waals surface area contributed by atoms with Gasteiger partial charge in [0.1, 0.15) is 12.2 Å². The molecular formula is C23H32O4. The van der Waals surface area contributed by atoms with Crippen molar-refractivity contribution in [2.45, 2.75) is 90.4 Å². The Kier molecular flexibility index (Phi) is 3.62. The molecule has 0 aromatic carbocycles. The predicted octanol–water partition coefficient (Wildman–Crippen LogP) is 4.22. The first-order valence-corrected chi connectivity index (χ1v) is 10.8. The molecule has 0 aromatic heterocycles. The Morgan fingerprint density at radius 1 is 1.15 bits per heavy atom. The number of carbonyl (C=O) groups excluding carboxylic acids is 2. The van der Waals surface area contributed by atoms with E-state index in [1.807, 2.05) is 0 Å². The van der Waals surface area contributed by atoms with Gasteiger partial charge in [-0.25, -0.2) is 0 Å². The predicted molar refractivity (Wildman–Crippen MR) is 101 cm³/mol. The number of ether oxygens (including phenoxy) is 2. The maximum absolute atomic E-state index is 12.3. The third-order valence-corrected chi connectivity index (χ3v) is 9.24. The molecule has 4 heteroatoms. The molecule has 3 saturated carbocycles. The highest BCUT2D eigenvalue weighted by Crippen LogP contribution is 2.72. The summed E-state index contributed by atoms with van der Waals surface area (Å²) < 4.78 is 11.6. The van der Waals surface area contributed by atoms with Crippen molar-refractivity contribution < 1.29 is 19.1 Å². The maximum atomic E-state index is 12.3. The number of rotatable bonds is 2. The zero-order valence-electron chi connectivity index (χ0n) is 17.0. The van der Waals surface area contributed by atoms with Crippen LogP contribution in [0.15, 0.2) is 11.6 Å². The van der Waals surface area contributed by atoms with E-state index in [4.69, 9.17) is 9.47 Å². The van der Waals surface area contributed by atoms with Crippen LogP contribution in [0.1, 0.15) is 72.6 Å². The standard InChI is InChI=1S/C23H32O4/c1-13(24)23-12-19-17-6-5-15-11-16(26-14(2)25)7-9-21(15,3)18(17)8-10-22(19,4)20(23)27-23/h5,16-20H,6-12H2,1-4H3/t16-,17-,18+,19+,20+,21+,22+,23-/m1/s1. The topological polar surface area (TPSA) is 55.9 Å². The molecule has 4 nitrogen and oxygen atoms in total. The Morgan fingerprint density at radius 2 is 1.93 bits per heavy atom. The van der Waals surface area contributed by atoms with Gasteiger partial charge < -0.3 is 9.47 Å². The van der Waals surface area contributed by atoms with Gasteiger partial charge >= 0.3 is 5.97 Å². The quantitative estimate of drug-likeness (QED) is 0.414. The summed E-state index contributed by atoms with van der Waals surface area (Å²) in [5, 5.41) is 0. The lowest BCUT2D eigenvalue weighted by atomic mass is 9.48. The molecule has 0 N–H and O–H groups in total. The molecular weight excluding hydrogens is 340 g/mol. The highest BCUT2D eigenvalue weighted by atomic mass is 16.6. The fraction of sp³-hybridized carbons (Fsp3) is 0.826. The van der Waals surface area contributed by atoms with E-state index in [1.54, 1.807) is 6.92 Å². The van der Waals surface area contributed by atoms with Gasteiger partial charge in [-0.2, -0.15) is 0 Å². The van der Waals surface area contributed by atoms with Crippen LogP contribution in [0.2, 0.25) is 0 Å². The summed E-state index contributed by atoms with van der Waals surface area (Å²) in [5.41, 5.74) is 1.47. The largest absolute Gasteiger partial charge is 0.462 e. The number of allylic oxidation sites excluding steroid dienone is 1. The van der Waals surface area contributed by atoms with Crippen LogP contribution in [0.25, 0.3) is 0 Å². The number of epoxide rings is 1. The minimum absolute atomic E-state index is 0.0562. The lowest BCUT2D eigenvalue weighted by Gasteiger charge is -2.57. The van der Waals surface area contributed by atoms with E-state index in [0.717, 1.165) is 32.1 Å². The molecule has 5 aliphatic rings. The van der Waals surface area contributed by atoms with Gasteiger partial charge in [0.25, 0.3) is 0 Å². The molecule has 0 radical (unpaired) electrons. The molecule has 4 fully saturated rings. The van der Waals surface area contributed by atoms with Crippen molar-refractivity contribution >= 4 is 11.8 Å². The molecule has 5 rings (SSSR count). The summed E-state index contributed by atoms with van der Waals surface area (Å²) in [6.07, 6.45) is 10.1. The number of hydrogen-bond acceptors (Lipinski definition) is 4. The summed E-state index contributed by atoms with van der Waals surface area (Å²) in [4.78, 5) is 23.7. The van der Waals surface area contributed by atoms with E-state index in [1.165, 1.54) is 25.3 Å². The highest BCUT2D eigenvalue weighted by Gasteiger charge is 2.77. The third-order valence-electron chi connectivity index (χ3n) is 9.24. The fourth-order valence-corrected chi connectivity index (χ4v) is 7.76. The van der Waals surface area contributed by atoms with Crippen LogP contribution in [0, 0.1) is 28.6 Å². The number of hydrogen-bond donors (Lipinski definition) is 0. The average molecular weight is 373 g/mol. The molecule has 1 heterocycles. The van der Waals surface area contributed by atoms with Crippen molar-refractivity contribution in [2.75, 3.05) is 0 Å². The van der Waals surface area contributed by atoms with Gasteiger partial charge in [0.15, 0.2) is 11.4 Å². The van der Waals surface area contributed by atoms with Crippen LogP contribution < -0.4 is 0 Å². The van der Waals surface area contributed by atoms with Crippen LogP contribution in [0.3, 0.4) is 0 Å². The van der Waals surface area contributed by atoms with Crippen LogP contribution in [-0.4, -0.2) is 29.6 Å². The molecule has 8 atom stereocenters. The lowest BCUT2D eigenvalue weighted by molar-refractivity contribution is -0.148. The van der Waals surface area contributed by atoms with Crippen LogP contribution in [0.4, 0.5) is 0 Å². The molecule has 0 amide bonds. The second kappa shape index (κ2) is 5.46. The van der Waals surface area contributed by atoms with Gasteiger partial charge in [0.05, 0.1) is 0 Å². The van der Waals surface area contributed by atoms with E-state index < -0.39 is 5.60 Å². The van der Waals surface area contributed by atoms with Crippen molar-refractivity contribution in [2.24, 2.45) is 28.6 Å². The van der Waals surface area contributed by atoms with Crippen molar-refractivity contribution in [3.8, 4) is 0 Å². The smallest absolute Gasteiger partial charge is 0.302 e. The minimum atomic E-state index is -0.452. The number of esters is 1. The Balaban J connectivity index is 1.42. The first kappa shape index (κ1) is 17.9. The van der Waals surface area contributed by atoms with E-state index >= 15 is 0 Å². The van der Waals surface area contributed by atoms with E-state index in [-0.39, 0.29) is 34.8 Å².